The predicted molar refractivity (Wildman–Crippen MR) is 131 cm³/mol. The Bertz CT molecular complexity index is 1430. The molecule has 184 valence electrons. The molecule has 3 aromatic carbocycles. The van der Waals surface area contributed by atoms with Crippen LogP contribution in [0.1, 0.15) is 27.2 Å². The van der Waals surface area contributed by atoms with E-state index in [0.717, 1.165) is 16.7 Å². The number of hydrogen-bond acceptors (Lipinski definition) is 6. The molecule has 0 unspecified atom stereocenters. The summed E-state index contributed by atoms with van der Waals surface area (Å²) in [6.07, 6.45) is 1.54. The summed E-state index contributed by atoms with van der Waals surface area (Å²) >= 11 is 0. The Morgan fingerprint density at radius 2 is 1.81 bits per heavy atom. The first-order valence-corrected chi connectivity index (χ1v) is 11.0. The molecule has 1 aromatic heterocycles. The topological polar surface area (TPSA) is 109 Å². The van der Waals surface area contributed by atoms with Crippen molar-refractivity contribution in [3.63, 3.8) is 0 Å². The number of carbonyl (C=O) groups is 1. The number of aryl methyl sites for hydroxylation is 2. The van der Waals surface area contributed by atoms with Gasteiger partial charge in [0.1, 0.15) is 23.1 Å². The summed E-state index contributed by atoms with van der Waals surface area (Å²) in [5.74, 6) is 0.292. The van der Waals surface area contributed by atoms with E-state index in [-0.39, 0.29) is 35.4 Å². The molecule has 0 saturated heterocycles. The Balaban J connectivity index is 1.49. The highest BCUT2D eigenvalue weighted by molar-refractivity contribution is 6.03. The second-order valence-corrected chi connectivity index (χ2v) is 8.20. The average molecular weight is 490 g/mol. The number of carbonyl (C=O) groups excluding carboxylic acids is 1. The van der Waals surface area contributed by atoms with Crippen LogP contribution in [0.25, 0.3) is 0 Å². The largest absolute Gasteiger partial charge is 0.471 e. The lowest BCUT2D eigenvalue weighted by molar-refractivity contribution is -0.384. The van der Waals surface area contributed by atoms with E-state index >= 15 is 0 Å². The fourth-order valence-corrected chi connectivity index (χ4v) is 3.47. The first kappa shape index (κ1) is 24.4. The highest BCUT2D eigenvalue weighted by atomic mass is 19.1. The van der Waals surface area contributed by atoms with Gasteiger partial charge < -0.3 is 14.8 Å². The molecule has 9 nitrogen and oxygen atoms in total. The van der Waals surface area contributed by atoms with Crippen molar-refractivity contribution in [1.29, 1.82) is 0 Å². The second kappa shape index (κ2) is 10.3. The highest BCUT2D eigenvalue weighted by Gasteiger charge is 2.16. The van der Waals surface area contributed by atoms with Gasteiger partial charge in [0.25, 0.3) is 11.6 Å². The summed E-state index contributed by atoms with van der Waals surface area (Å²) in [5.41, 5.74) is 2.96. The summed E-state index contributed by atoms with van der Waals surface area (Å²) in [5, 5.41) is 18.3. The van der Waals surface area contributed by atoms with Crippen LogP contribution in [0.5, 0.6) is 17.2 Å². The number of hydrogen-bond donors (Lipinski definition) is 1. The maximum Gasteiger partial charge on any atom is 0.276 e. The van der Waals surface area contributed by atoms with Crippen LogP contribution in [0.3, 0.4) is 0 Å². The van der Waals surface area contributed by atoms with E-state index < -0.39 is 10.8 Å². The summed E-state index contributed by atoms with van der Waals surface area (Å²) in [6.45, 7) is 5.80. The van der Waals surface area contributed by atoms with Crippen molar-refractivity contribution in [1.82, 2.24) is 9.78 Å². The smallest absolute Gasteiger partial charge is 0.276 e. The number of amides is 1. The number of nitro groups is 1. The summed E-state index contributed by atoms with van der Waals surface area (Å²) in [7, 11) is 0. The third kappa shape index (κ3) is 5.84. The van der Waals surface area contributed by atoms with Crippen molar-refractivity contribution in [2.75, 3.05) is 5.32 Å². The van der Waals surface area contributed by atoms with E-state index in [9.17, 15) is 19.3 Å². The maximum atomic E-state index is 13.0. The standard InChI is InChI=1S/C26H23FN4O5/c1-16-10-17(2)18(3)25(11-16)36-23-13-20(12-21(14-23)31(33)34)28-26(32)24-8-9-30(29-24)15-35-22-6-4-19(27)5-7-22/h4-14H,15H2,1-3H3,(H,28,32). The van der Waals surface area contributed by atoms with E-state index in [1.54, 1.807) is 6.20 Å². The molecule has 1 amide bonds. The molecule has 0 atom stereocenters. The first-order chi connectivity index (χ1) is 17.2. The fourth-order valence-electron chi connectivity index (χ4n) is 3.47. The van der Waals surface area contributed by atoms with Crippen molar-refractivity contribution in [3.05, 3.63) is 105 Å². The van der Waals surface area contributed by atoms with Gasteiger partial charge in [-0.3, -0.25) is 14.9 Å². The quantitative estimate of drug-likeness (QED) is 0.242. The molecule has 0 saturated carbocycles. The zero-order valence-electron chi connectivity index (χ0n) is 19.8. The molecule has 4 rings (SSSR count). The van der Waals surface area contributed by atoms with Crippen LogP contribution in [0.15, 0.2) is 66.9 Å². The van der Waals surface area contributed by atoms with Crippen molar-refractivity contribution >= 4 is 17.3 Å². The minimum absolute atomic E-state index is 0.00295. The van der Waals surface area contributed by atoms with Gasteiger partial charge >= 0.3 is 0 Å². The number of nitrogens with zero attached hydrogens (tertiary/aromatic N) is 3. The van der Waals surface area contributed by atoms with Gasteiger partial charge in [-0.15, -0.1) is 0 Å². The normalized spacial score (nSPS) is 10.7. The van der Waals surface area contributed by atoms with Crippen LogP contribution in [0.4, 0.5) is 15.8 Å². The lowest BCUT2D eigenvalue weighted by atomic mass is 10.1. The molecule has 0 bridgehead atoms. The van der Waals surface area contributed by atoms with Gasteiger partial charge in [-0.2, -0.15) is 5.10 Å². The van der Waals surface area contributed by atoms with Crippen LogP contribution in [0, 0.1) is 36.7 Å². The second-order valence-electron chi connectivity index (χ2n) is 8.20. The average Bonchev–Trinajstić information content (AvgIpc) is 3.31. The molecule has 10 heteroatoms. The molecule has 0 fully saturated rings. The van der Waals surface area contributed by atoms with E-state index in [1.807, 2.05) is 32.9 Å². The van der Waals surface area contributed by atoms with Crippen molar-refractivity contribution in [2.45, 2.75) is 27.5 Å². The molecular formula is C26H23FN4O5. The summed E-state index contributed by atoms with van der Waals surface area (Å²) in [4.78, 5) is 23.7. The SMILES string of the molecule is Cc1cc(C)c(C)c(Oc2cc(NC(=O)c3ccn(COc4ccc(F)cc4)n3)cc([N+](=O)[O-])c2)c1. The van der Waals surface area contributed by atoms with Crippen molar-refractivity contribution in [3.8, 4) is 17.2 Å². The Morgan fingerprint density at radius 1 is 1.06 bits per heavy atom. The Labute approximate surface area is 206 Å². The number of non-ortho nitro benzene ring substituents is 1. The van der Waals surface area contributed by atoms with Gasteiger partial charge in [0, 0.05) is 18.3 Å². The lowest BCUT2D eigenvalue weighted by Crippen LogP contribution is -2.14. The number of halogens is 1. The molecule has 1 heterocycles. The van der Waals surface area contributed by atoms with Crippen LogP contribution in [-0.2, 0) is 6.73 Å². The number of anilines is 1. The monoisotopic (exact) mass is 490 g/mol. The molecule has 0 aliphatic rings. The van der Waals surface area contributed by atoms with E-state index in [1.165, 1.54) is 53.2 Å². The molecule has 4 aromatic rings. The number of benzene rings is 3. The number of aromatic nitrogens is 2. The van der Waals surface area contributed by atoms with Gasteiger partial charge in [0.15, 0.2) is 12.4 Å². The molecule has 0 aliphatic heterocycles. The maximum absolute atomic E-state index is 13.0. The Kier molecular flexibility index (Phi) is 6.95. The third-order valence-corrected chi connectivity index (χ3v) is 5.40. The van der Waals surface area contributed by atoms with Gasteiger partial charge in [-0.25, -0.2) is 9.07 Å². The van der Waals surface area contributed by atoms with Gasteiger partial charge in [-0.1, -0.05) is 6.07 Å². The van der Waals surface area contributed by atoms with Gasteiger partial charge in [-0.05, 0) is 73.9 Å². The molecule has 0 spiro atoms. The molecular weight excluding hydrogens is 467 g/mol. The van der Waals surface area contributed by atoms with Crippen LogP contribution >= 0.6 is 0 Å². The minimum Gasteiger partial charge on any atom is -0.471 e. The number of nitro benzene ring substituents is 1. The van der Waals surface area contributed by atoms with Crippen LogP contribution < -0.4 is 14.8 Å². The minimum atomic E-state index is -0.565. The van der Waals surface area contributed by atoms with Crippen molar-refractivity contribution < 1.29 is 23.6 Å². The van der Waals surface area contributed by atoms with E-state index in [0.29, 0.717) is 11.5 Å². The summed E-state index contributed by atoms with van der Waals surface area (Å²) in [6, 6.07) is 14.9. The zero-order valence-corrected chi connectivity index (χ0v) is 19.8. The van der Waals surface area contributed by atoms with Gasteiger partial charge in [0.05, 0.1) is 16.7 Å². The lowest BCUT2D eigenvalue weighted by Gasteiger charge is -2.13. The Hall–Kier alpha value is -4.73. The first-order valence-electron chi connectivity index (χ1n) is 11.0. The highest BCUT2D eigenvalue weighted by Crippen LogP contribution is 2.33. The Morgan fingerprint density at radius 3 is 2.53 bits per heavy atom. The molecule has 0 aliphatic carbocycles. The van der Waals surface area contributed by atoms with Crippen molar-refractivity contribution in [2.24, 2.45) is 0 Å². The zero-order chi connectivity index (χ0) is 25.8. The molecule has 0 radical (unpaired) electrons. The summed E-state index contributed by atoms with van der Waals surface area (Å²) < 4.78 is 25.9. The van der Waals surface area contributed by atoms with E-state index in [2.05, 4.69) is 10.4 Å². The molecule has 36 heavy (non-hydrogen) atoms. The number of nitrogens with one attached hydrogen (secondary N) is 1. The number of ether oxygens (including phenoxy) is 2. The molecule has 1 N–H and O–H groups in total. The van der Waals surface area contributed by atoms with Gasteiger partial charge in [0.2, 0.25) is 0 Å². The number of rotatable bonds is 8. The van der Waals surface area contributed by atoms with E-state index in [4.69, 9.17) is 9.47 Å². The third-order valence-electron chi connectivity index (χ3n) is 5.40. The fraction of sp³-hybridized carbons (Fsp3) is 0.154. The van der Waals surface area contributed by atoms with Crippen LogP contribution in [-0.4, -0.2) is 20.6 Å². The predicted octanol–water partition coefficient (Wildman–Crippen LogP) is 5.94. The van der Waals surface area contributed by atoms with Crippen LogP contribution in [0.2, 0.25) is 0 Å².